The van der Waals surface area contributed by atoms with Crippen LogP contribution in [0.15, 0.2) is 11.6 Å². The molecule has 0 aromatic rings. The topological polar surface area (TPSA) is 104 Å². The summed E-state index contributed by atoms with van der Waals surface area (Å²) in [6.45, 7) is 1.37. The predicted octanol–water partition coefficient (Wildman–Crippen LogP) is 1.12. The van der Waals surface area contributed by atoms with Crippen molar-refractivity contribution in [2.24, 2.45) is 0 Å². The van der Waals surface area contributed by atoms with Gasteiger partial charge in [0.25, 0.3) is 0 Å². The Labute approximate surface area is 91.7 Å². The van der Waals surface area contributed by atoms with Gasteiger partial charge in [-0.25, -0.2) is 9.36 Å². The van der Waals surface area contributed by atoms with Gasteiger partial charge in [-0.15, -0.1) is 11.6 Å². The molecule has 0 fully saturated rings. The van der Waals surface area contributed by atoms with Crippen molar-refractivity contribution < 1.29 is 28.8 Å². The van der Waals surface area contributed by atoms with Crippen LogP contribution in [-0.4, -0.2) is 32.8 Å². The van der Waals surface area contributed by atoms with Crippen LogP contribution in [0.4, 0.5) is 0 Å². The second kappa shape index (κ2) is 6.25. The summed E-state index contributed by atoms with van der Waals surface area (Å²) in [5.74, 6) is -1.23. The fourth-order valence-electron chi connectivity index (χ4n) is 0.724. The van der Waals surface area contributed by atoms with Crippen LogP contribution < -0.4 is 0 Å². The van der Waals surface area contributed by atoms with Crippen molar-refractivity contribution in [2.75, 3.05) is 5.88 Å². The van der Waals surface area contributed by atoms with E-state index in [1.54, 1.807) is 0 Å². The number of rotatable bonds is 6. The van der Waals surface area contributed by atoms with Crippen molar-refractivity contribution in [3.05, 3.63) is 11.6 Å². The zero-order valence-electron chi connectivity index (χ0n) is 7.96. The van der Waals surface area contributed by atoms with Crippen LogP contribution in [0.1, 0.15) is 13.3 Å². The van der Waals surface area contributed by atoms with Gasteiger partial charge in [0.05, 0.1) is 6.10 Å². The van der Waals surface area contributed by atoms with E-state index >= 15 is 0 Å². The van der Waals surface area contributed by atoms with Gasteiger partial charge in [0.1, 0.15) is 0 Å². The molecule has 0 saturated heterocycles. The number of phosphoric acid groups is 1. The van der Waals surface area contributed by atoms with E-state index < -0.39 is 19.9 Å². The van der Waals surface area contributed by atoms with Crippen molar-refractivity contribution in [3.63, 3.8) is 0 Å². The second-order valence-corrected chi connectivity index (χ2v) is 4.30. The molecule has 0 amide bonds. The maximum absolute atomic E-state index is 10.5. The summed E-state index contributed by atoms with van der Waals surface area (Å²) in [4.78, 5) is 27.4. The number of hydrogen-bond acceptors (Lipinski definition) is 3. The monoisotopic (exact) mass is 258 g/mol. The molecule has 15 heavy (non-hydrogen) atoms. The standard InChI is InChI=1S/C7H12ClO6P/c1-5(7(9)10)2-3-6(4-8)14-15(11,12)13/h2,6H,3-4H2,1H3,(H,9,10)(H2,11,12,13). The summed E-state index contributed by atoms with van der Waals surface area (Å²) in [6.07, 6.45) is 0.430. The molecule has 0 spiro atoms. The predicted molar refractivity (Wildman–Crippen MR) is 53.6 cm³/mol. The number of carbonyl (C=O) groups is 1. The molecule has 8 heteroatoms. The van der Waals surface area contributed by atoms with Gasteiger partial charge in [0, 0.05) is 11.5 Å². The summed E-state index contributed by atoms with van der Waals surface area (Å²) in [6, 6.07) is 0. The highest BCUT2D eigenvalue weighted by Gasteiger charge is 2.20. The molecule has 0 radical (unpaired) electrons. The van der Waals surface area contributed by atoms with Gasteiger partial charge in [-0.2, -0.15) is 0 Å². The number of hydrogen-bond donors (Lipinski definition) is 3. The summed E-state index contributed by atoms with van der Waals surface area (Å²) in [5, 5.41) is 8.50. The van der Waals surface area contributed by atoms with Gasteiger partial charge >= 0.3 is 13.8 Å². The molecule has 88 valence electrons. The molecule has 0 aliphatic carbocycles. The Bertz CT molecular complexity index is 296. The molecule has 0 aliphatic rings. The third kappa shape index (κ3) is 7.53. The first-order chi connectivity index (χ1) is 6.76. The lowest BCUT2D eigenvalue weighted by molar-refractivity contribution is -0.132. The van der Waals surface area contributed by atoms with Gasteiger partial charge in [-0.05, 0) is 13.3 Å². The fraction of sp³-hybridized carbons (Fsp3) is 0.571. The van der Waals surface area contributed by atoms with Gasteiger partial charge in [0.2, 0.25) is 0 Å². The molecule has 0 rings (SSSR count). The van der Waals surface area contributed by atoms with E-state index in [1.165, 1.54) is 13.0 Å². The van der Waals surface area contributed by atoms with E-state index in [4.69, 9.17) is 26.5 Å². The Morgan fingerprint density at radius 2 is 2.13 bits per heavy atom. The minimum atomic E-state index is -4.58. The molecule has 0 aliphatic heterocycles. The normalized spacial score (nSPS) is 15.1. The van der Waals surface area contributed by atoms with Crippen LogP contribution in [0, 0.1) is 0 Å². The van der Waals surface area contributed by atoms with E-state index in [2.05, 4.69) is 4.52 Å². The Balaban J connectivity index is 4.30. The van der Waals surface area contributed by atoms with Crippen molar-refractivity contribution in [2.45, 2.75) is 19.4 Å². The molecule has 0 aromatic heterocycles. The zero-order valence-corrected chi connectivity index (χ0v) is 9.61. The molecule has 0 aromatic carbocycles. The number of alkyl halides is 1. The maximum Gasteiger partial charge on any atom is 0.469 e. The molecule has 6 nitrogen and oxygen atoms in total. The first-order valence-electron chi connectivity index (χ1n) is 3.96. The van der Waals surface area contributed by atoms with Gasteiger partial charge in [0.15, 0.2) is 0 Å². The second-order valence-electron chi connectivity index (χ2n) is 2.80. The Morgan fingerprint density at radius 3 is 2.47 bits per heavy atom. The van der Waals surface area contributed by atoms with Crippen LogP contribution in [0.3, 0.4) is 0 Å². The Hall–Kier alpha value is -0.390. The van der Waals surface area contributed by atoms with Crippen LogP contribution in [-0.2, 0) is 13.9 Å². The number of phosphoric ester groups is 1. The quantitative estimate of drug-likeness (QED) is 0.375. The van der Waals surface area contributed by atoms with Crippen LogP contribution >= 0.6 is 19.4 Å². The fourth-order valence-corrected chi connectivity index (χ4v) is 1.55. The highest BCUT2D eigenvalue weighted by atomic mass is 35.5. The molecule has 0 heterocycles. The summed E-state index contributed by atoms with van der Waals surface area (Å²) in [5.41, 5.74) is 0.0689. The molecule has 3 N–H and O–H groups in total. The molecule has 1 unspecified atom stereocenters. The van der Waals surface area contributed by atoms with Crippen LogP contribution in [0.5, 0.6) is 0 Å². The van der Waals surface area contributed by atoms with Gasteiger partial charge in [-0.3, -0.25) is 4.52 Å². The van der Waals surface area contributed by atoms with E-state index in [0.29, 0.717) is 0 Å². The van der Waals surface area contributed by atoms with Crippen LogP contribution in [0.25, 0.3) is 0 Å². The largest absolute Gasteiger partial charge is 0.478 e. The summed E-state index contributed by atoms with van der Waals surface area (Å²) in [7, 11) is -4.58. The average molecular weight is 259 g/mol. The van der Waals surface area contributed by atoms with E-state index in [-0.39, 0.29) is 17.9 Å². The molecular weight excluding hydrogens is 246 g/mol. The first kappa shape index (κ1) is 14.6. The third-order valence-electron chi connectivity index (χ3n) is 1.48. The number of halogens is 1. The minimum absolute atomic E-state index is 0.0345. The highest BCUT2D eigenvalue weighted by Crippen LogP contribution is 2.38. The maximum atomic E-state index is 10.5. The van der Waals surface area contributed by atoms with Gasteiger partial charge < -0.3 is 14.9 Å². The molecule has 0 saturated carbocycles. The van der Waals surface area contributed by atoms with Crippen molar-refractivity contribution in [1.82, 2.24) is 0 Å². The van der Waals surface area contributed by atoms with E-state index in [9.17, 15) is 9.36 Å². The van der Waals surface area contributed by atoms with Crippen molar-refractivity contribution in [1.29, 1.82) is 0 Å². The molecule has 0 bridgehead atoms. The average Bonchev–Trinajstić information content (AvgIpc) is 2.09. The summed E-state index contributed by atoms with van der Waals surface area (Å²) >= 11 is 5.39. The van der Waals surface area contributed by atoms with Crippen LogP contribution in [0.2, 0.25) is 0 Å². The highest BCUT2D eigenvalue weighted by molar-refractivity contribution is 7.46. The lowest BCUT2D eigenvalue weighted by atomic mass is 10.2. The molecule has 1 atom stereocenters. The number of aliphatic carboxylic acids is 1. The van der Waals surface area contributed by atoms with Crippen molar-refractivity contribution in [3.8, 4) is 0 Å². The van der Waals surface area contributed by atoms with E-state index in [1.807, 2.05) is 0 Å². The SMILES string of the molecule is CC(=CCC(CCl)OP(=O)(O)O)C(=O)O. The Morgan fingerprint density at radius 1 is 1.60 bits per heavy atom. The lowest BCUT2D eigenvalue weighted by Crippen LogP contribution is -2.12. The first-order valence-corrected chi connectivity index (χ1v) is 6.02. The summed E-state index contributed by atoms with van der Waals surface area (Å²) < 4.78 is 14.8. The zero-order chi connectivity index (χ0) is 12.1. The minimum Gasteiger partial charge on any atom is -0.478 e. The third-order valence-corrected chi connectivity index (χ3v) is 2.40. The van der Waals surface area contributed by atoms with Gasteiger partial charge in [-0.1, -0.05) is 6.08 Å². The van der Waals surface area contributed by atoms with Crippen molar-refractivity contribution >= 4 is 25.4 Å². The van der Waals surface area contributed by atoms with E-state index in [0.717, 1.165) is 0 Å². The Kier molecular flexibility index (Phi) is 6.09. The number of carboxylic acid groups (broad SMARTS) is 1. The number of carboxylic acids is 1. The smallest absolute Gasteiger partial charge is 0.469 e. The lowest BCUT2D eigenvalue weighted by Gasteiger charge is -2.13. The molecular formula is C7H12ClO6P.